The van der Waals surface area contributed by atoms with Gasteiger partial charge < -0.3 is 0 Å². The summed E-state index contributed by atoms with van der Waals surface area (Å²) in [6.45, 7) is 2.09. The van der Waals surface area contributed by atoms with Crippen LogP contribution in [-0.4, -0.2) is 0 Å². The molecule has 0 aliphatic heterocycles. The fourth-order valence-electron chi connectivity index (χ4n) is 1.83. The molecule has 0 heterocycles. The molecule has 17 heavy (non-hydrogen) atoms. The molecule has 0 saturated carbocycles. The average molecular weight is 218 g/mol. The van der Waals surface area contributed by atoms with Crippen molar-refractivity contribution < 1.29 is 0 Å². The molecular formula is C17H14. The third-order valence-electron chi connectivity index (χ3n) is 2.69. The molecular weight excluding hydrogens is 204 g/mol. The predicted octanol–water partition coefficient (Wildman–Crippen LogP) is 4.23. The molecule has 82 valence electrons. The molecule has 0 N–H and O–H groups in total. The van der Waals surface area contributed by atoms with Crippen molar-refractivity contribution >= 4 is 11.6 Å². The Hall–Kier alpha value is -2.26. The van der Waals surface area contributed by atoms with E-state index in [1.165, 1.54) is 11.1 Å². The van der Waals surface area contributed by atoms with Gasteiger partial charge in [-0.15, -0.1) is 6.42 Å². The summed E-state index contributed by atoms with van der Waals surface area (Å²) >= 11 is 0. The highest BCUT2D eigenvalue weighted by Crippen LogP contribution is 2.20. The van der Waals surface area contributed by atoms with Crippen LogP contribution in [0.3, 0.4) is 0 Å². The fraction of sp³-hybridized carbons (Fsp3) is 0.0588. The van der Waals surface area contributed by atoms with Gasteiger partial charge in [0.05, 0.1) is 0 Å². The molecule has 0 aliphatic carbocycles. The van der Waals surface area contributed by atoms with Crippen molar-refractivity contribution in [2.75, 3.05) is 0 Å². The van der Waals surface area contributed by atoms with Crippen LogP contribution in [0.5, 0.6) is 0 Å². The van der Waals surface area contributed by atoms with Crippen molar-refractivity contribution in [2.45, 2.75) is 6.92 Å². The summed E-state index contributed by atoms with van der Waals surface area (Å²) in [7, 11) is 0. The van der Waals surface area contributed by atoms with Gasteiger partial charge >= 0.3 is 0 Å². The predicted molar refractivity (Wildman–Crippen MR) is 74.4 cm³/mol. The van der Waals surface area contributed by atoms with Gasteiger partial charge in [-0.05, 0) is 29.7 Å². The normalized spacial score (nSPS) is 10.9. The molecule has 0 fully saturated rings. The Labute approximate surface area is 103 Å². The molecule has 0 nitrogen and oxygen atoms in total. The van der Waals surface area contributed by atoms with Crippen LogP contribution in [0.25, 0.3) is 11.6 Å². The van der Waals surface area contributed by atoms with E-state index in [2.05, 4.69) is 37.1 Å². The second kappa shape index (κ2) is 5.18. The maximum atomic E-state index is 5.50. The molecule has 0 bridgehead atoms. The maximum Gasteiger partial charge on any atom is 0.0317 e. The molecule has 0 atom stereocenters. The van der Waals surface area contributed by atoms with E-state index in [9.17, 15) is 0 Å². The second-order valence-electron chi connectivity index (χ2n) is 3.93. The Bertz CT molecular complexity index is 568. The minimum absolute atomic E-state index is 0.942. The van der Waals surface area contributed by atoms with E-state index >= 15 is 0 Å². The third-order valence-corrected chi connectivity index (χ3v) is 2.69. The van der Waals surface area contributed by atoms with Crippen molar-refractivity contribution in [2.24, 2.45) is 0 Å². The summed E-state index contributed by atoms with van der Waals surface area (Å²) in [6, 6.07) is 18.3. The lowest BCUT2D eigenvalue weighted by Crippen LogP contribution is -1.85. The van der Waals surface area contributed by atoms with Crippen LogP contribution < -0.4 is 0 Å². The van der Waals surface area contributed by atoms with Gasteiger partial charge in [0, 0.05) is 5.56 Å². The zero-order valence-electron chi connectivity index (χ0n) is 9.85. The first kappa shape index (κ1) is 11.2. The molecule has 0 amide bonds. The Kier molecular flexibility index (Phi) is 3.43. The second-order valence-corrected chi connectivity index (χ2v) is 3.93. The number of hydrogen-bond donors (Lipinski definition) is 0. The van der Waals surface area contributed by atoms with E-state index in [4.69, 9.17) is 6.42 Å². The van der Waals surface area contributed by atoms with Gasteiger partial charge in [0.15, 0.2) is 0 Å². The average Bonchev–Trinajstić information content (AvgIpc) is 2.40. The molecule has 2 aromatic rings. The monoisotopic (exact) mass is 218 g/mol. The number of benzene rings is 2. The Morgan fingerprint density at radius 2 is 1.65 bits per heavy atom. The number of hydrogen-bond acceptors (Lipinski definition) is 0. The van der Waals surface area contributed by atoms with Crippen molar-refractivity contribution in [3.8, 4) is 12.3 Å². The Morgan fingerprint density at radius 3 is 2.35 bits per heavy atom. The largest absolute Gasteiger partial charge is 0.115 e. The van der Waals surface area contributed by atoms with E-state index in [0.717, 1.165) is 11.1 Å². The van der Waals surface area contributed by atoms with Gasteiger partial charge in [0.2, 0.25) is 0 Å². The van der Waals surface area contributed by atoms with Gasteiger partial charge in [-0.2, -0.15) is 0 Å². The van der Waals surface area contributed by atoms with E-state index < -0.39 is 0 Å². The van der Waals surface area contributed by atoms with Gasteiger partial charge in [-0.3, -0.25) is 0 Å². The summed E-state index contributed by atoms with van der Waals surface area (Å²) in [5.74, 6) is 2.72. The molecule has 0 aliphatic rings. The number of rotatable bonds is 2. The summed E-state index contributed by atoms with van der Waals surface area (Å²) in [4.78, 5) is 0. The number of terminal acetylenes is 1. The van der Waals surface area contributed by atoms with Crippen LogP contribution in [0.1, 0.15) is 23.6 Å². The first-order chi connectivity index (χ1) is 8.31. The van der Waals surface area contributed by atoms with Crippen molar-refractivity contribution in [3.05, 3.63) is 71.3 Å². The van der Waals surface area contributed by atoms with Crippen molar-refractivity contribution in [3.63, 3.8) is 0 Å². The smallest absolute Gasteiger partial charge is 0.0317 e. The van der Waals surface area contributed by atoms with Gasteiger partial charge in [0.25, 0.3) is 0 Å². The lowest BCUT2D eigenvalue weighted by Gasteiger charge is -2.05. The van der Waals surface area contributed by atoms with Gasteiger partial charge in [-0.1, -0.05) is 60.5 Å². The van der Waals surface area contributed by atoms with Crippen LogP contribution in [0.4, 0.5) is 0 Å². The molecule has 0 saturated heterocycles. The van der Waals surface area contributed by atoms with Crippen molar-refractivity contribution in [1.82, 2.24) is 0 Å². The highest BCUT2D eigenvalue weighted by molar-refractivity contribution is 5.82. The molecule has 0 spiro atoms. The Balaban J connectivity index is 2.41. The summed E-state index contributed by atoms with van der Waals surface area (Å²) in [6.07, 6.45) is 7.65. The molecule has 0 heteroatoms. The quantitative estimate of drug-likeness (QED) is 0.522. The zero-order valence-corrected chi connectivity index (χ0v) is 9.85. The first-order valence-corrected chi connectivity index (χ1v) is 5.60. The molecule has 2 aromatic carbocycles. The van der Waals surface area contributed by atoms with E-state index in [-0.39, 0.29) is 0 Å². The molecule has 0 aromatic heterocycles. The standard InChI is InChI=1S/C17H14/c1-3-16-11-7-8-12-17(16)14(2)13-15-9-5-4-6-10-15/h1,4-13H,2H3/b14-13+. The van der Waals surface area contributed by atoms with Crippen LogP contribution in [0, 0.1) is 12.3 Å². The van der Waals surface area contributed by atoms with Crippen LogP contribution >= 0.6 is 0 Å². The molecule has 0 radical (unpaired) electrons. The molecule has 0 unspecified atom stereocenters. The topological polar surface area (TPSA) is 0 Å². The Morgan fingerprint density at radius 1 is 1.00 bits per heavy atom. The highest BCUT2D eigenvalue weighted by Gasteiger charge is 2.00. The summed E-state index contributed by atoms with van der Waals surface area (Å²) in [5.41, 5.74) is 4.44. The van der Waals surface area contributed by atoms with Crippen LogP contribution in [0.15, 0.2) is 54.6 Å². The maximum absolute atomic E-state index is 5.50. The fourth-order valence-corrected chi connectivity index (χ4v) is 1.83. The zero-order chi connectivity index (χ0) is 12.1. The summed E-state index contributed by atoms with van der Waals surface area (Å²) < 4.78 is 0. The SMILES string of the molecule is C#Cc1ccccc1/C(C)=C/c1ccccc1. The van der Waals surface area contributed by atoms with Gasteiger partial charge in [0.1, 0.15) is 0 Å². The lowest BCUT2D eigenvalue weighted by molar-refractivity contribution is 1.53. The minimum Gasteiger partial charge on any atom is -0.115 e. The van der Waals surface area contributed by atoms with Crippen molar-refractivity contribution in [1.29, 1.82) is 0 Å². The lowest BCUT2D eigenvalue weighted by atomic mass is 9.99. The van der Waals surface area contributed by atoms with E-state index in [1.807, 2.05) is 36.4 Å². The highest BCUT2D eigenvalue weighted by atomic mass is 14.0. The van der Waals surface area contributed by atoms with E-state index in [1.54, 1.807) is 0 Å². The number of allylic oxidation sites excluding steroid dienone is 1. The minimum atomic E-state index is 0.942. The van der Waals surface area contributed by atoms with E-state index in [0.29, 0.717) is 0 Å². The molecule has 2 rings (SSSR count). The summed E-state index contributed by atoms with van der Waals surface area (Å²) in [5, 5.41) is 0. The first-order valence-electron chi connectivity index (χ1n) is 5.60. The van der Waals surface area contributed by atoms with Crippen LogP contribution in [-0.2, 0) is 0 Å². The van der Waals surface area contributed by atoms with Gasteiger partial charge in [-0.25, -0.2) is 0 Å². The van der Waals surface area contributed by atoms with Crippen LogP contribution in [0.2, 0.25) is 0 Å². The third kappa shape index (κ3) is 2.65.